The molecule has 0 aliphatic carbocycles. The van der Waals surface area contributed by atoms with Gasteiger partial charge in [0.05, 0.1) is 0 Å². The third-order valence-corrected chi connectivity index (χ3v) is 3.37. The Hall–Kier alpha value is -2.03. The highest BCUT2D eigenvalue weighted by Gasteiger charge is 2.37. The first-order chi connectivity index (χ1) is 9.36. The van der Waals surface area contributed by atoms with Gasteiger partial charge in [-0.2, -0.15) is 5.10 Å². The van der Waals surface area contributed by atoms with E-state index in [-0.39, 0.29) is 6.09 Å². The van der Waals surface area contributed by atoms with E-state index in [2.05, 4.69) is 16.0 Å². The van der Waals surface area contributed by atoms with Gasteiger partial charge in [-0.05, 0) is 20.8 Å². The van der Waals surface area contributed by atoms with Crippen molar-refractivity contribution in [2.24, 2.45) is 0 Å². The van der Waals surface area contributed by atoms with Gasteiger partial charge < -0.3 is 9.64 Å². The lowest BCUT2D eigenvalue weighted by Gasteiger charge is -2.38. The zero-order valence-corrected chi connectivity index (χ0v) is 12.2. The number of hydrogen-bond acceptors (Lipinski definition) is 4. The van der Waals surface area contributed by atoms with E-state index in [1.165, 1.54) is 6.33 Å². The molecule has 1 aliphatic rings. The van der Waals surface area contributed by atoms with Crippen LogP contribution in [0.3, 0.4) is 0 Å². The van der Waals surface area contributed by atoms with Crippen molar-refractivity contribution in [1.82, 2.24) is 19.7 Å². The van der Waals surface area contributed by atoms with Crippen LogP contribution in [0.25, 0.3) is 0 Å². The van der Waals surface area contributed by atoms with E-state index in [1.807, 2.05) is 20.8 Å². The van der Waals surface area contributed by atoms with Crippen LogP contribution >= 0.6 is 0 Å². The van der Waals surface area contributed by atoms with Crippen molar-refractivity contribution in [3.63, 3.8) is 0 Å². The van der Waals surface area contributed by atoms with Gasteiger partial charge in [-0.15, -0.1) is 6.42 Å². The molecule has 6 heteroatoms. The predicted molar refractivity (Wildman–Crippen MR) is 73.9 cm³/mol. The van der Waals surface area contributed by atoms with Crippen LogP contribution in [0.1, 0.15) is 33.6 Å². The summed E-state index contributed by atoms with van der Waals surface area (Å²) in [5.74, 6) is 2.81. The van der Waals surface area contributed by atoms with Gasteiger partial charge in [0.25, 0.3) is 0 Å². The van der Waals surface area contributed by atoms with Crippen molar-refractivity contribution in [3.8, 4) is 12.3 Å². The number of ether oxygens (including phenoxy) is 1. The van der Waals surface area contributed by atoms with E-state index < -0.39 is 11.1 Å². The van der Waals surface area contributed by atoms with Gasteiger partial charge in [-0.1, -0.05) is 5.92 Å². The van der Waals surface area contributed by atoms with Crippen LogP contribution < -0.4 is 0 Å². The van der Waals surface area contributed by atoms with Gasteiger partial charge in [-0.3, -0.25) is 0 Å². The van der Waals surface area contributed by atoms with Crippen LogP contribution in [0, 0.1) is 12.3 Å². The molecule has 0 atom stereocenters. The van der Waals surface area contributed by atoms with E-state index in [0.717, 1.165) is 0 Å². The minimum absolute atomic E-state index is 0.290. The zero-order valence-electron chi connectivity index (χ0n) is 12.2. The molecule has 1 aliphatic heterocycles. The van der Waals surface area contributed by atoms with Gasteiger partial charge in [0, 0.05) is 25.9 Å². The van der Waals surface area contributed by atoms with Crippen molar-refractivity contribution in [2.75, 3.05) is 13.1 Å². The second-order valence-electron chi connectivity index (χ2n) is 5.98. The number of piperidine rings is 1. The van der Waals surface area contributed by atoms with Crippen LogP contribution in [-0.4, -0.2) is 44.4 Å². The van der Waals surface area contributed by atoms with E-state index in [9.17, 15) is 4.79 Å². The first-order valence-corrected chi connectivity index (χ1v) is 6.67. The van der Waals surface area contributed by atoms with Crippen molar-refractivity contribution in [2.45, 2.75) is 44.8 Å². The number of terminal acetylenes is 1. The van der Waals surface area contributed by atoms with Crippen LogP contribution in [0.5, 0.6) is 0 Å². The van der Waals surface area contributed by atoms with Crippen molar-refractivity contribution in [3.05, 3.63) is 12.7 Å². The number of nitrogens with zero attached hydrogens (tertiary/aromatic N) is 4. The number of aromatic nitrogens is 3. The average molecular weight is 276 g/mol. The van der Waals surface area contributed by atoms with Crippen LogP contribution in [-0.2, 0) is 10.3 Å². The topological polar surface area (TPSA) is 60.2 Å². The first-order valence-electron chi connectivity index (χ1n) is 6.67. The number of carbonyl (C=O) groups is 1. The highest BCUT2D eigenvalue weighted by Crippen LogP contribution is 2.29. The molecule has 2 heterocycles. The van der Waals surface area contributed by atoms with Gasteiger partial charge in [0.1, 0.15) is 23.8 Å². The lowest BCUT2D eigenvalue weighted by atomic mass is 9.89. The molecule has 0 saturated carbocycles. The molecule has 0 aromatic carbocycles. The Kier molecular flexibility index (Phi) is 3.71. The summed E-state index contributed by atoms with van der Waals surface area (Å²) in [5.41, 5.74) is -0.974. The molecule has 6 nitrogen and oxygen atoms in total. The van der Waals surface area contributed by atoms with Gasteiger partial charge in [-0.25, -0.2) is 14.5 Å². The normalized spacial score (nSPS) is 18.4. The molecular weight excluding hydrogens is 256 g/mol. The standard InChI is InChI=1S/C14H20N4O2/c1-5-14(18-11-15-10-16-18)6-8-17(9-7-14)12(19)20-13(2,3)4/h1,10-11H,6-9H2,2-4H3. The zero-order chi connectivity index (χ0) is 14.8. The smallest absolute Gasteiger partial charge is 0.410 e. The highest BCUT2D eigenvalue weighted by molar-refractivity contribution is 5.68. The first kappa shape index (κ1) is 14.4. The Morgan fingerprint density at radius 2 is 2.05 bits per heavy atom. The predicted octanol–water partition coefficient (Wildman–Crippen LogP) is 1.64. The van der Waals surface area contributed by atoms with Gasteiger partial charge >= 0.3 is 6.09 Å². The Labute approximate surface area is 119 Å². The molecule has 1 aromatic heterocycles. The number of amides is 1. The summed E-state index contributed by atoms with van der Waals surface area (Å²) in [7, 11) is 0. The highest BCUT2D eigenvalue weighted by atomic mass is 16.6. The lowest BCUT2D eigenvalue weighted by molar-refractivity contribution is 0.0150. The molecular formula is C14H20N4O2. The van der Waals surface area contributed by atoms with E-state index in [0.29, 0.717) is 25.9 Å². The van der Waals surface area contributed by atoms with Crippen LogP contribution in [0.15, 0.2) is 12.7 Å². The lowest BCUT2D eigenvalue weighted by Crippen LogP contribution is -2.48. The molecule has 0 unspecified atom stereocenters. The molecule has 1 fully saturated rings. The maximum absolute atomic E-state index is 12.0. The van der Waals surface area contributed by atoms with Crippen molar-refractivity contribution >= 4 is 6.09 Å². The number of likely N-dealkylation sites (tertiary alicyclic amines) is 1. The fourth-order valence-electron chi connectivity index (χ4n) is 2.25. The third-order valence-electron chi connectivity index (χ3n) is 3.37. The molecule has 0 spiro atoms. The summed E-state index contributed by atoms with van der Waals surface area (Å²) in [4.78, 5) is 17.7. The Morgan fingerprint density at radius 1 is 1.40 bits per heavy atom. The molecule has 0 radical (unpaired) electrons. The summed E-state index contributed by atoms with van der Waals surface area (Å²) in [5, 5.41) is 4.14. The van der Waals surface area contributed by atoms with Crippen molar-refractivity contribution < 1.29 is 9.53 Å². The van der Waals surface area contributed by atoms with Gasteiger partial charge in [0.2, 0.25) is 0 Å². The summed E-state index contributed by atoms with van der Waals surface area (Å²) in [6, 6.07) is 0. The van der Waals surface area contributed by atoms with Gasteiger partial charge in [0.15, 0.2) is 0 Å². The molecule has 0 bridgehead atoms. The van der Waals surface area contributed by atoms with E-state index in [1.54, 1.807) is 15.9 Å². The summed E-state index contributed by atoms with van der Waals surface area (Å²) < 4.78 is 7.08. The average Bonchev–Trinajstić information content (AvgIpc) is 2.91. The van der Waals surface area contributed by atoms with Crippen molar-refractivity contribution in [1.29, 1.82) is 0 Å². The summed E-state index contributed by atoms with van der Waals surface area (Å²) in [6.45, 7) is 6.68. The Balaban J connectivity index is 2.02. The molecule has 2 rings (SSSR count). The number of rotatable bonds is 1. The summed E-state index contributed by atoms with van der Waals surface area (Å²) in [6.07, 6.45) is 9.78. The number of carbonyl (C=O) groups excluding carboxylic acids is 1. The van der Waals surface area contributed by atoms with Crippen LogP contribution in [0.2, 0.25) is 0 Å². The fourth-order valence-corrected chi connectivity index (χ4v) is 2.25. The third kappa shape index (κ3) is 2.93. The molecule has 1 amide bonds. The Bertz CT molecular complexity index is 502. The quantitative estimate of drug-likeness (QED) is 0.732. The second-order valence-corrected chi connectivity index (χ2v) is 5.98. The molecule has 20 heavy (non-hydrogen) atoms. The SMILES string of the molecule is C#CC1(n2cncn2)CCN(C(=O)OC(C)(C)C)CC1. The monoisotopic (exact) mass is 276 g/mol. The Morgan fingerprint density at radius 3 is 2.50 bits per heavy atom. The number of hydrogen-bond donors (Lipinski definition) is 0. The molecule has 1 saturated heterocycles. The van der Waals surface area contributed by atoms with E-state index in [4.69, 9.17) is 11.2 Å². The second kappa shape index (κ2) is 5.16. The summed E-state index contributed by atoms with van der Waals surface area (Å²) >= 11 is 0. The largest absolute Gasteiger partial charge is 0.444 e. The maximum atomic E-state index is 12.0. The van der Waals surface area contributed by atoms with E-state index >= 15 is 0 Å². The molecule has 1 aromatic rings. The molecule has 108 valence electrons. The fraction of sp³-hybridized carbons (Fsp3) is 0.643. The molecule has 0 N–H and O–H groups in total. The minimum Gasteiger partial charge on any atom is -0.444 e. The maximum Gasteiger partial charge on any atom is 0.410 e. The minimum atomic E-state index is -0.491. The van der Waals surface area contributed by atoms with Crippen LogP contribution in [0.4, 0.5) is 4.79 Å².